The van der Waals surface area contributed by atoms with E-state index in [1.165, 1.54) is 5.57 Å². The molecule has 0 N–H and O–H groups in total. The van der Waals surface area contributed by atoms with Crippen molar-refractivity contribution in [2.75, 3.05) is 0 Å². The fraction of sp³-hybridized carbons (Fsp3) is 0.583. The second-order valence-corrected chi connectivity index (χ2v) is 3.10. The minimum atomic E-state index is 0.486. The number of hydrogen-bond acceptors (Lipinski definition) is 0. The Labute approximate surface area is 77.4 Å². The summed E-state index contributed by atoms with van der Waals surface area (Å²) in [6, 6.07) is 0. The number of rotatable bonds is 5. The Morgan fingerprint density at radius 2 is 2.08 bits per heavy atom. The van der Waals surface area contributed by atoms with E-state index >= 15 is 0 Å². The van der Waals surface area contributed by atoms with E-state index in [0.29, 0.717) is 5.92 Å². The van der Waals surface area contributed by atoms with Crippen LogP contribution in [0.15, 0.2) is 23.8 Å². The molecule has 0 aliphatic rings. The topological polar surface area (TPSA) is 0 Å². The van der Waals surface area contributed by atoms with Gasteiger partial charge in [-0.05, 0) is 39.0 Å². The molecule has 0 heterocycles. The average molecular weight is 165 g/mol. The molecule has 0 aromatic rings. The van der Waals surface area contributed by atoms with E-state index in [0.717, 1.165) is 19.3 Å². The summed E-state index contributed by atoms with van der Waals surface area (Å²) in [7, 11) is 0. The Balaban J connectivity index is 3.73. The lowest BCUT2D eigenvalue weighted by Gasteiger charge is -2.01. The van der Waals surface area contributed by atoms with E-state index in [4.69, 9.17) is 0 Å². The Kier molecular flexibility index (Phi) is 6.84. The van der Waals surface area contributed by atoms with Crippen molar-refractivity contribution in [2.45, 2.75) is 40.0 Å². The van der Waals surface area contributed by atoms with Gasteiger partial charge in [-0.1, -0.05) is 37.6 Å². The fourth-order valence-corrected chi connectivity index (χ4v) is 1.01. The van der Waals surface area contributed by atoms with Crippen LogP contribution >= 0.6 is 0 Å². The molecular weight excluding hydrogens is 144 g/mol. The van der Waals surface area contributed by atoms with E-state index < -0.39 is 0 Å². The summed E-state index contributed by atoms with van der Waals surface area (Å²) < 4.78 is 0. The summed E-state index contributed by atoms with van der Waals surface area (Å²) in [5, 5.41) is 0. The minimum Gasteiger partial charge on any atom is -0.0882 e. The smallest absolute Gasteiger partial charge is 0.0139 e. The van der Waals surface area contributed by atoms with Gasteiger partial charge < -0.3 is 0 Å². The lowest BCUT2D eigenvalue weighted by molar-refractivity contribution is 0.766. The lowest BCUT2D eigenvalue weighted by Crippen LogP contribution is -1.85. The molecule has 1 unspecified atom stereocenters. The maximum Gasteiger partial charge on any atom is -0.0139 e. The summed E-state index contributed by atoms with van der Waals surface area (Å²) in [5.41, 5.74) is 1.51. The van der Waals surface area contributed by atoms with Crippen LogP contribution in [0.3, 0.4) is 0 Å². The highest BCUT2D eigenvalue weighted by Crippen LogP contribution is 2.09. The Bertz CT molecular complexity index is 151. The molecule has 0 aliphatic heterocycles. The van der Waals surface area contributed by atoms with Crippen molar-refractivity contribution in [3.63, 3.8) is 0 Å². The van der Waals surface area contributed by atoms with Gasteiger partial charge in [-0.3, -0.25) is 0 Å². The zero-order valence-corrected chi connectivity index (χ0v) is 8.64. The van der Waals surface area contributed by atoms with Crippen molar-refractivity contribution >= 4 is 0 Å². The molecule has 0 aliphatic carbocycles. The van der Waals surface area contributed by atoms with E-state index in [-0.39, 0.29) is 0 Å². The zero-order chi connectivity index (χ0) is 9.40. The summed E-state index contributed by atoms with van der Waals surface area (Å²) in [6.45, 7) is 10.5. The predicted octanol–water partition coefficient (Wildman–Crippen LogP) is 4.15. The van der Waals surface area contributed by atoms with E-state index in [2.05, 4.69) is 45.9 Å². The maximum absolute atomic E-state index is 4.00. The lowest BCUT2D eigenvalue weighted by atomic mass is 10.1. The molecule has 12 heavy (non-hydrogen) atoms. The number of hydrogen-bond donors (Lipinski definition) is 0. The van der Waals surface area contributed by atoms with Crippen molar-refractivity contribution < 1.29 is 0 Å². The van der Waals surface area contributed by atoms with Gasteiger partial charge in [0, 0.05) is 0 Å². The van der Waals surface area contributed by atoms with Gasteiger partial charge in [0.1, 0.15) is 0 Å². The van der Waals surface area contributed by atoms with Gasteiger partial charge in [0.25, 0.3) is 0 Å². The van der Waals surface area contributed by atoms with Crippen LogP contribution in [-0.4, -0.2) is 0 Å². The van der Waals surface area contributed by atoms with Gasteiger partial charge in [0.05, 0.1) is 0 Å². The molecule has 69 valence electrons. The first-order chi connectivity index (χ1) is 5.74. The van der Waals surface area contributed by atoms with Crippen LogP contribution in [0.1, 0.15) is 40.0 Å². The molecule has 0 aromatic heterocycles. The first kappa shape index (κ1) is 11.5. The Hall–Kier alpha value is -0.520. The van der Waals surface area contributed by atoms with E-state index in [1.807, 2.05) is 0 Å². The molecule has 0 heteroatoms. The maximum atomic E-state index is 4.00. The Morgan fingerprint density at radius 1 is 1.42 bits per heavy atom. The van der Waals surface area contributed by atoms with Gasteiger partial charge in [-0.2, -0.15) is 0 Å². The Morgan fingerprint density at radius 3 is 2.50 bits per heavy atom. The van der Waals surface area contributed by atoms with Crippen molar-refractivity contribution in [3.8, 4) is 0 Å². The number of allylic oxidation sites excluding steroid dienone is 4. The second kappa shape index (κ2) is 7.15. The molecule has 0 nitrogen and oxygen atoms in total. The molecule has 1 radical (unpaired) electrons. The first-order valence-corrected chi connectivity index (χ1v) is 4.88. The quantitative estimate of drug-likeness (QED) is 0.537. The predicted molar refractivity (Wildman–Crippen MR) is 56.9 cm³/mol. The molecule has 0 saturated heterocycles. The molecule has 0 fully saturated rings. The van der Waals surface area contributed by atoms with Gasteiger partial charge >= 0.3 is 0 Å². The van der Waals surface area contributed by atoms with Crippen LogP contribution in [0, 0.1) is 12.8 Å². The van der Waals surface area contributed by atoms with Crippen LogP contribution in [0.5, 0.6) is 0 Å². The molecule has 0 rings (SSSR count). The van der Waals surface area contributed by atoms with Gasteiger partial charge in [0.15, 0.2) is 0 Å². The van der Waals surface area contributed by atoms with Crippen LogP contribution < -0.4 is 0 Å². The highest BCUT2D eigenvalue weighted by Gasteiger charge is 1.91. The van der Waals surface area contributed by atoms with E-state index in [9.17, 15) is 0 Å². The SMILES string of the molecule is [CH2]C(C=CCC(=CC)CC)CC. The minimum absolute atomic E-state index is 0.486. The van der Waals surface area contributed by atoms with Crippen molar-refractivity contribution in [1.82, 2.24) is 0 Å². The zero-order valence-electron chi connectivity index (χ0n) is 8.64. The van der Waals surface area contributed by atoms with Crippen LogP contribution in [0.25, 0.3) is 0 Å². The molecule has 0 amide bonds. The summed E-state index contributed by atoms with van der Waals surface area (Å²) >= 11 is 0. The van der Waals surface area contributed by atoms with Gasteiger partial charge in [-0.25, -0.2) is 0 Å². The van der Waals surface area contributed by atoms with Crippen LogP contribution in [0.4, 0.5) is 0 Å². The summed E-state index contributed by atoms with van der Waals surface area (Å²) in [4.78, 5) is 0. The largest absolute Gasteiger partial charge is 0.0882 e. The highest BCUT2D eigenvalue weighted by atomic mass is 14.0. The molecule has 0 bridgehead atoms. The van der Waals surface area contributed by atoms with Crippen molar-refractivity contribution in [3.05, 3.63) is 30.7 Å². The third kappa shape index (κ3) is 5.17. The monoisotopic (exact) mass is 165 g/mol. The highest BCUT2D eigenvalue weighted by molar-refractivity contribution is 5.06. The van der Waals surface area contributed by atoms with Gasteiger partial charge in [-0.15, -0.1) is 0 Å². The summed E-state index contributed by atoms with van der Waals surface area (Å²) in [5.74, 6) is 0.486. The molecular formula is C12H21. The second-order valence-electron chi connectivity index (χ2n) is 3.10. The van der Waals surface area contributed by atoms with Crippen molar-refractivity contribution in [2.24, 2.45) is 5.92 Å². The third-order valence-corrected chi connectivity index (χ3v) is 2.18. The van der Waals surface area contributed by atoms with Crippen LogP contribution in [0.2, 0.25) is 0 Å². The molecule has 1 atom stereocenters. The van der Waals surface area contributed by atoms with Crippen LogP contribution in [-0.2, 0) is 0 Å². The molecule has 0 spiro atoms. The third-order valence-electron chi connectivity index (χ3n) is 2.18. The fourth-order valence-electron chi connectivity index (χ4n) is 1.01. The standard InChI is InChI=1S/C12H21/c1-5-11(4)9-8-10-12(6-2)7-3/h6,8-9,11H,4-5,7,10H2,1-3H3. The molecule has 0 aromatic carbocycles. The average Bonchev–Trinajstić information content (AvgIpc) is 2.12. The van der Waals surface area contributed by atoms with E-state index in [1.54, 1.807) is 0 Å². The normalized spacial score (nSPS) is 15.5. The van der Waals surface area contributed by atoms with Gasteiger partial charge in [0.2, 0.25) is 0 Å². The van der Waals surface area contributed by atoms with Crippen molar-refractivity contribution in [1.29, 1.82) is 0 Å². The summed E-state index contributed by atoms with van der Waals surface area (Å²) in [6.07, 6.45) is 10.0. The molecule has 0 saturated carbocycles. The first-order valence-electron chi connectivity index (χ1n) is 4.88.